The average molecular weight is 383 g/mol. The third kappa shape index (κ3) is 2.66. The molecule has 0 saturated carbocycles. The van der Waals surface area contributed by atoms with Crippen LogP contribution in [0.5, 0.6) is 0 Å². The predicted octanol–water partition coefficient (Wildman–Crippen LogP) is 2.65. The maximum absolute atomic E-state index is 12.8. The molecule has 4 rings (SSSR count). The molecule has 0 fully saturated rings. The van der Waals surface area contributed by atoms with Gasteiger partial charge in [-0.15, -0.1) is 0 Å². The number of amides is 3. The number of thioether (sulfide) groups is 1. The van der Waals surface area contributed by atoms with Crippen LogP contribution in [0.2, 0.25) is 0 Å². The van der Waals surface area contributed by atoms with Gasteiger partial charge in [-0.1, -0.05) is 25.6 Å². The van der Waals surface area contributed by atoms with Crippen molar-refractivity contribution in [2.45, 2.75) is 43.0 Å². The van der Waals surface area contributed by atoms with E-state index < -0.39 is 16.7 Å². The summed E-state index contributed by atoms with van der Waals surface area (Å²) in [5.41, 5.74) is 10.00. The van der Waals surface area contributed by atoms with Crippen molar-refractivity contribution in [3.63, 3.8) is 0 Å². The number of nitrogens with one attached hydrogen (secondary N) is 2. The first kappa shape index (κ1) is 17.8. The van der Waals surface area contributed by atoms with Gasteiger partial charge in [-0.25, -0.2) is 9.78 Å². The second kappa shape index (κ2) is 6.23. The quantitative estimate of drug-likeness (QED) is 0.752. The van der Waals surface area contributed by atoms with E-state index >= 15 is 0 Å². The number of aromatic nitrogens is 2. The second-order valence-electron chi connectivity index (χ2n) is 7.40. The van der Waals surface area contributed by atoms with Crippen molar-refractivity contribution in [1.82, 2.24) is 15.3 Å². The minimum absolute atomic E-state index is 0.361. The fraction of sp³-hybridized carbons (Fsp3) is 0.368. The van der Waals surface area contributed by atoms with E-state index in [9.17, 15) is 9.59 Å². The molecule has 0 spiro atoms. The maximum atomic E-state index is 12.8. The van der Waals surface area contributed by atoms with Crippen LogP contribution in [0.4, 0.5) is 10.5 Å². The monoisotopic (exact) mass is 383 g/mol. The minimum atomic E-state index is -1.18. The third-order valence-electron chi connectivity index (χ3n) is 4.98. The molecule has 140 valence electrons. The number of carbonyl (C=O) groups is 2. The standard InChI is InChI=1S/C19H21N5O2S/c1-9(2)6-11-7-10(3)12(8-22-11)19(17(20)25)15-14-13(23-18(26)24-15)4-5-21-16(14)27-19/h4-5,7-9,15H,6H2,1-3H3,(H2,20,25)(H2,23,24,26). The average Bonchev–Trinajstić information content (AvgIpc) is 2.91. The summed E-state index contributed by atoms with van der Waals surface area (Å²) in [6, 6.07) is 2.78. The highest BCUT2D eigenvalue weighted by Gasteiger charge is 2.57. The highest BCUT2D eigenvalue weighted by molar-refractivity contribution is 8.01. The molecular weight excluding hydrogens is 362 g/mol. The second-order valence-corrected chi connectivity index (χ2v) is 8.63. The molecule has 2 unspecified atom stereocenters. The Labute approximate surface area is 161 Å². The number of hydrogen-bond acceptors (Lipinski definition) is 5. The zero-order chi connectivity index (χ0) is 19.3. The fourth-order valence-corrected chi connectivity index (χ4v) is 5.35. The van der Waals surface area contributed by atoms with Crippen LogP contribution in [0.1, 0.15) is 42.3 Å². The van der Waals surface area contributed by atoms with E-state index in [-0.39, 0.29) is 6.03 Å². The maximum Gasteiger partial charge on any atom is 0.319 e. The van der Waals surface area contributed by atoms with Gasteiger partial charge in [-0.3, -0.25) is 9.78 Å². The number of anilines is 1. The Morgan fingerprint density at radius 2 is 2.19 bits per heavy atom. The molecule has 4 N–H and O–H groups in total. The number of rotatable bonds is 4. The topological polar surface area (TPSA) is 110 Å². The zero-order valence-electron chi connectivity index (χ0n) is 15.4. The van der Waals surface area contributed by atoms with Crippen molar-refractivity contribution >= 4 is 29.4 Å². The zero-order valence-corrected chi connectivity index (χ0v) is 16.2. The van der Waals surface area contributed by atoms with Gasteiger partial charge in [0, 0.05) is 29.2 Å². The van der Waals surface area contributed by atoms with Crippen molar-refractivity contribution in [3.8, 4) is 0 Å². The van der Waals surface area contributed by atoms with Crippen LogP contribution < -0.4 is 16.4 Å². The first-order valence-electron chi connectivity index (χ1n) is 8.84. The van der Waals surface area contributed by atoms with Crippen molar-refractivity contribution < 1.29 is 9.59 Å². The van der Waals surface area contributed by atoms with Crippen LogP contribution in [0.3, 0.4) is 0 Å². The van der Waals surface area contributed by atoms with Gasteiger partial charge in [0.25, 0.3) is 0 Å². The minimum Gasteiger partial charge on any atom is -0.368 e. The number of urea groups is 1. The molecule has 2 atom stereocenters. The largest absolute Gasteiger partial charge is 0.368 e. The third-order valence-corrected chi connectivity index (χ3v) is 6.48. The van der Waals surface area contributed by atoms with Crippen molar-refractivity contribution in [2.75, 3.05) is 5.32 Å². The molecule has 2 aromatic heterocycles. The first-order valence-corrected chi connectivity index (χ1v) is 9.66. The molecule has 27 heavy (non-hydrogen) atoms. The highest BCUT2D eigenvalue weighted by Crippen LogP contribution is 2.60. The van der Waals surface area contributed by atoms with Crippen molar-refractivity contribution in [2.24, 2.45) is 11.7 Å². The molecule has 0 aliphatic carbocycles. The van der Waals surface area contributed by atoms with E-state index in [1.54, 1.807) is 18.5 Å². The van der Waals surface area contributed by atoms with E-state index in [1.165, 1.54) is 11.8 Å². The van der Waals surface area contributed by atoms with Gasteiger partial charge < -0.3 is 16.4 Å². The van der Waals surface area contributed by atoms with Crippen LogP contribution in [-0.2, 0) is 16.0 Å². The molecule has 0 radical (unpaired) electrons. The summed E-state index contributed by atoms with van der Waals surface area (Å²) in [4.78, 5) is 34.0. The molecule has 8 heteroatoms. The summed E-state index contributed by atoms with van der Waals surface area (Å²) in [5.74, 6) is -0.0430. The lowest BCUT2D eigenvalue weighted by molar-refractivity contribution is -0.121. The van der Waals surface area contributed by atoms with Gasteiger partial charge in [0.15, 0.2) is 4.75 Å². The number of hydrogen-bond donors (Lipinski definition) is 3. The summed E-state index contributed by atoms with van der Waals surface area (Å²) in [5, 5.41) is 6.34. The number of pyridine rings is 2. The van der Waals surface area contributed by atoms with Crippen molar-refractivity contribution in [3.05, 3.63) is 46.9 Å². The molecule has 3 amide bonds. The lowest BCUT2D eigenvalue weighted by atomic mass is 9.83. The van der Waals surface area contributed by atoms with Crippen LogP contribution in [0.15, 0.2) is 29.6 Å². The first-order chi connectivity index (χ1) is 12.8. The van der Waals surface area contributed by atoms with Gasteiger partial charge in [-0.05, 0) is 37.0 Å². The highest BCUT2D eigenvalue weighted by atomic mass is 32.2. The van der Waals surface area contributed by atoms with Gasteiger partial charge in [0.1, 0.15) is 5.03 Å². The number of nitrogens with zero attached hydrogens (tertiary/aromatic N) is 2. The molecule has 0 saturated heterocycles. The van der Waals surface area contributed by atoms with Gasteiger partial charge >= 0.3 is 6.03 Å². The van der Waals surface area contributed by atoms with E-state index in [1.807, 2.05) is 13.0 Å². The van der Waals surface area contributed by atoms with Gasteiger partial charge in [0.05, 0.1) is 11.7 Å². The summed E-state index contributed by atoms with van der Waals surface area (Å²) in [6.07, 6.45) is 4.20. The molecule has 2 aliphatic rings. The van der Waals surface area contributed by atoms with Gasteiger partial charge in [0.2, 0.25) is 5.91 Å². The van der Waals surface area contributed by atoms with Crippen LogP contribution in [0.25, 0.3) is 0 Å². The van der Waals surface area contributed by atoms with Crippen LogP contribution in [-0.4, -0.2) is 21.9 Å². The van der Waals surface area contributed by atoms with Crippen molar-refractivity contribution in [1.29, 1.82) is 0 Å². The lowest BCUT2D eigenvalue weighted by Gasteiger charge is -2.35. The Kier molecular flexibility index (Phi) is 4.10. The molecular formula is C19H21N5O2S. The van der Waals surface area contributed by atoms with Gasteiger partial charge in [-0.2, -0.15) is 0 Å². The van der Waals surface area contributed by atoms with Crippen LogP contribution in [0, 0.1) is 12.8 Å². The summed E-state index contributed by atoms with van der Waals surface area (Å²) >= 11 is 1.29. The number of nitrogens with two attached hydrogens (primary N) is 1. The molecule has 7 nitrogen and oxygen atoms in total. The molecule has 4 heterocycles. The molecule has 0 aromatic carbocycles. The normalized spacial score (nSPS) is 23.0. The van der Waals surface area contributed by atoms with Crippen LogP contribution >= 0.6 is 11.8 Å². The van der Waals surface area contributed by atoms with E-state index in [0.29, 0.717) is 22.2 Å². The summed E-state index contributed by atoms with van der Waals surface area (Å²) in [7, 11) is 0. The molecule has 0 bridgehead atoms. The summed E-state index contributed by atoms with van der Waals surface area (Å²) in [6.45, 7) is 6.22. The predicted molar refractivity (Wildman–Crippen MR) is 103 cm³/mol. The summed E-state index contributed by atoms with van der Waals surface area (Å²) < 4.78 is -1.18. The van der Waals surface area contributed by atoms with E-state index in [0.717, 1.165) is 23.2 Å². The number of primary amides is 1. The smallest absolute Gasteiger partial charge is 0.319 e. The Balaban J connectivity index is 1.88. The Morgan fingerprint density at radius 3 is 2.85 bits per heavy atom. The molecule has 2 aliphatic heterocycles. The fourth-order valence-electron chi connectivity index (χ4n) is 3.87. The molecule has 2 aromatic rings. The lowest BCUT2D eigenvalue weighted by Crippen LogP contribution is -2.51. The Morgan fingerprint density at radius 1 is 1.41 bits per heavy atom. The Hall–Kier alpha value is -2.61. The number of carbonyl (C=O) groups excluding carboxylic acids is 2. The SMILES string of the molecule is Cc1cc(CC(C)C)ncc1C1(C(N)=O)Sc2nccc3c2C1NC(=O)N3. The van der Waals surface area contributed by atoms with E-state index in [2.05, 4.69) is 34.4 Å². The Bertz CT molecular complexity index is 961. The number of aryl methyl sites for hydroxylation is 1. The van der Waals surface area contributed by atoms with E-state index in [4.69, 9.17) is 5.73 Å².